The van der Waals surface area contributed by atoms with Gasteiger partial charge in [0.1, 0.15) is 0 Å². The quantitative estimate of drug-likeness (QED) is 0.348. The van der Waals surface area contributed by atoms with Gasteiger partial charge in [-0.15, -0.1) is 0 Å². The molecule has 6 fully saturated rings. The van der Waals surface area contributed by atoms with Crippen LogP contribution in [0.15, 0.2) is 0 Å². The first-order valence-corrected chi connectivity index (χ1v) is 21.1. The Morgan fingerprint density at radius 1 is 0.218 bits per heavy atom. The molecule has 0 radical (unpaired) electrons. The van der Waals surface area contributed by atoms with Crippen LogP contribution >= 0.6 is 0 Å². The van der Waals surface area contributed by atoms with Gasteiger partial charge in [-0.25, -0.2) is 0 Å². The normalized spacial score (nSPS) is 21.4. The van der Waals surface area contributed by atoms with E-state index < -0.39 is 35.8 Å². The fourth-order valence-electron chi connectivity index (χ4n) is 8.03. The predicted molar refractivity (Wildman–Crippen MR) is 189 cm³/mol. The molecule has 6 aliphatic carbocycles. The second kappa shape index (κ2) is 32.6. The molecule has 6 rings (SSSR count). The molecule has 0 aromatic heterocycles. The Balaban J connectivity index is 0.000000634. The van der Waals surface area contributed by atoms with E-state index in [9.17, 15) is 59.4 Å². The number of carbonyl (C=O) groups excluding carboxylic acids is 6. The van der Waals surface area contributed by atoms with Gasteiger partial charge in [-0.05, 0) is 113 Å². The van der Waals surface area contributed by atoms with Crippen LogP contribution in [0.25, 0.3) is 0 Å². The number of hydrogen-bond donors (Lipinski definition) is 0. The maximum Gasteiger partial charge on any atom is 0.0445 e. The summed E-state index contributed by atoms with van der Waals surface area (Å²) < 4.78 is 0. The standard InChI is InChI=1S/6C7H12O2.Mo/c6*8-7(9)6-4-2-1-3-5-6;/h6*6H,1-5H2,(H,8,9);/p-6. The summed E-state index contributed by atoms with van der Waals surface area (Å²) in [6, 6.07) is 0. The van der Waals surface area contributed by atoms with Crippen LogP contribution in [-0.4, -0.2) is 35.8 Å². The minimum absolute atomic E-state index is 0. The van der Waals surface area contributed by atoms with Crippen LogP contribution in [0.5, 0.6) is 0 Å². The van der Waals surface area contributed by atoms with Crippen molar-refractivity contribution in [3.8, 4) is 0 Å². The molecule has 13 heteroatoms. The molecule has 0 N–H and O–H groups in total. The molecule has 0 aliphatic heterocycles. The third-order valence-electron chi connectivity index (χ3n) is 11.6. The van der Waals surface area contributed by atoms with E-state index in [0.717, 1.165) is 154 Å². The zero-order valence-corrected chi connectivity index (χ0v) is 35.0. The molecule has 0 unspecified atom stereocenters. The molecular weight excluding hydrogens is 792 g/mol. The molecular formula is C42H66MoO12-6. The van der Waals surface area contributed by atoms with Crippen LogP contribution in [0.4, 0.5) is 0 Å². The van der Waals surface area contributed by atoms with Gasteiger partial charge in [0.15, 0.2) is 0 Å². The minimum Gasteiger partial charge on any atom is -0.550 e. The van der Waals surface area contributed by atoms with Crippen LogP contribution in [0.3, 0.4) is 0 Å². The Labute approximate surface area is 343 Å². The van der Waals surface area contributed by atoms with Gasteiger partial charge in [0.25, 0.3) is 0 Å². The molecule has 55 heavy (non-hydrogen) atoms. The van der Waals surface area contributed by atoms with Crippen molar-refractivity contribution in [2.24, 2.45) is 35.5 Å². The first kappa shape index (κ1) is 52.5. The third-order valence-corrected chi connectivity index (χ3v) is 11.6. The van der Waals surface area contributed by atoms with Crippen molar-refractivity contribution >= 4 is 35.8 Å². The topological polar surface area (TPSA) is 241 Å². The summed E-state index contributed by atoms with van der Waals surface area (Å²) in [4.78, 5) is 61.5. The Bertz CT molecular complexity index is 845. The fourth-order valence-corrected chi connectivity index (χ4v) is 8.03. The number of carboxylic acid groups (broad SMARTS) is 6. The van der Waals surface area contributed by atoms with Crippen LogP contribution in [0, 0.1) is 35.5 Å². The maximum absolute atomic E-state index is 10.2. The van der Waals surface area contributed by atoms with Crippen molar-refractivity contribution in [1.29, 1.82) is 0 Å². The van der Waals surface area contributed by atoms with Crippen LogP contribution < -0.4 is 30.6 Å². The van der Waals surface area contributed by atoms with Crippen LogP contribution in [0.1, 0.15) is 193 Å². The van der Waals surface area contributed by atoms with Gasteiger partial charge >= 0.3 is 0 Å². The largest absolute Gasteiger partial charge is 0.550 e. The van der Waals surface area contributed by atoms with Crippen molar-refractivity contribution < 1.29 is 80.5 Å². The van der Waals surface area contributed by atoms with E-state index in [1.807, 2.05) is 0 Å². The average molecular weight is 859 g/mol. The van der Waals surface area contributed by atoms with Gasteiger partial charge < -0.3 is 59.4 Å². The van der Waals surface area contributed by atoms with Crippen LogP contribution in [-0.2, 0) is 49.8 Å². The number of carbonyl (C=O) groups is 6. The second-order valence-corrected chi connectivity index (χ2v) is 15.9. The summed E-state index contributed by atoms with van der Waals surface area (Å²) in [5.74, 6) is -5.95. The van der Waals surface area contributed by atoms with Gasteiger partial charge in [-0.2, -0.15) is 0 Å². The van der Waals surface area contributed by atoms with Gasteiger partial charge in [-0.1, -0.05) is 116 Å². The van der Waals surface area contributed by atoms with Crippen molar-refractivity contribution in [1.82, 2.24) is 0 Å². The Morgan fingerprint density at radius 2 is 0.309 bits per heavy atom. The van der Waals surface area contributed by atoms with Gasteiger partial charge in [0.05, 0.1) is 0 Å². The smallest absolute Gasteiger partial charge is 0.0445 e. The number of aliphatic carboxylic acids is 6. The van der Waals surface area contributed by atoms with Gasteiger partial charge in [0.2, 0.25) is 0 Å². The number of carboxylic acids is 6. The summed E-state index contributed by atoms with van der Waals surface area (Å²) >= 11 is 0. The summed E-state index contributed by atoms with van der Waals surface area (Å²) in [6.07, 6.45) is 30.0. The molecule has 0 heterocycles. The van der Waals surface area contributed by atoms with E-state index in [2.05, 4.69) is 0 Å². The second-order valence-electron chi connectivity index (χ2n) is 15.9. The molecule has 0 aromatic carbocycles. The molecule has 0 spiro atoms. The van der Waals surface area contributed by atoms with E-state index in [-0.39, 0.29) is 56.6 Å². The molecule has 0 aromatic rings. The van der Waals surface area contributed by atoms with E-state index in [0.29, 0.717) is 0 Å². The van der Waals surface area contributed by atoms with Crippen molar-refractivity contribution in [2.45, 2.75) is 193 Å². The first-order chi connectivity index (χ1) is 25.8. The molecule has 6 aliphatic rings. The van der Waals surface area contributed by atoms with Gasteiger partial charge in [0, 0.05) is 56.9 Å². The number of rotatable bonds is 6. The first-order valence-electron chi connectivity index (χ1n) is 21.1. The van der Waals surface area contributed by atoms with E-state index in [1.165, 1.54) is 38.5 Å². The Hall–Kier alpha value is -2.49. The summed E-state index contributed by atoms with van der Waals surface area (Å²) in [7, 11) is 0. The fraction of sp³-hybridized carbons (Fsp3) is 0.857. The molecule has 0 bridgehead atoms. The Morgan fingerprint density at radius 3 is 0.364 bits per heavy atom. The molecule has 0 atom stereocenters. The molecule has 318 valence electrons. The van der Waals surface area contributed by atoms with Crippen LogP contribution in [0.2, 0.25) is 0 Å². The third kappa shape index (κ3) is 26.1. The predicted octanol–water partition coefficient (Wildman–Crippen LogP) is 1.90. The van der Waals surface area contributed by atoms with E-state index in [1.54, 1.807) is 0 Å². The molecule has 12 nitrogen and oxygen atoms in total. The monoisotopic (exact) mass is 860 g/mol. The van der Waals surface area contributed by atoms with Gasteiger partial charge in [-0.3, -0.25) is 0 Å². The van der Waals surface area contributed by atoms with Crippen molar-refractivity contribution in [3.05, 3.63) is 0 Å². The minimum atomic E-state index is -0.852. The zero-order valence-electron chi connectivity index (χ0n) is 33.0. The summed E-state index contributed by atoms with van der Waals surface area (Å²) in [5, 5.41) is 61.5. The molecule has 0 amide bonds. The van der Waals surface area contributed by atoms with E-state index in [4.69, 9.17) is 0 Å². The number of hydrogen-bond acceptors (Lipinski definition) is 12. The SMILES string of the molecule is O=C([O-])C1CCCCC1.O=C([O-])C1CCCCC1.O=C([O-])C1CCCCC1.O=C([O-])C1CCCCC1.O=C([O-])C1CCCCC1.O=C([O-])C1CCCCC1.[Mo]. The molecule has 6 saturated carbocycles. The van der Waals surface area contributed by atoms with Crippen molar-refractivity contribution in [2.75, 3.05) is 0 Å². The van der Waals surface area contributed by atoms with E-state index >= 15 is 0 Å². The average Bonchev–Trinajstić information content (AvgIpc) is 3.21. The zero-order chi connectivity index (χ0) is 40.1. The molecule has 0 saturated heterocycles. The Kier molecular flexibility index (Phi) is 31.1. The van der Waals surface area contributed by atoms with Crippen molar-refractivity contribution in [3.63, 3.8) is 0 Å². The maximum atomic E-state index is 10.2. The summed E-state index contributed by atoms with van der Waals surface area (Å²) in [5.41, 5.74) is 0. The summed E-state index contributed by atoms with van der Waals surface area (Å²) in [6.45, 7) is 0.